The summed E-state index contributed by atoms with van der Waals surface area (Å²) in [7, 11) is -3.70. The first-order valence-corrected chi connectivity index (χ1v) is 11.9. The summed E-state index contributed by atoms with van der Waals surface area (Å²) in [6.45, 7) is 2.67. The smallest absolute Gasteiger partial charge is 0.258 e. The quantitative estimate of drug-likeness (QED) is 0.520. The third-order valence-electron chi connectivity index (χ3n) is 5.47. The summed E-state index contributed by atoms with van der Waals surface area (Å²) in [6.07, 6.45) is 5.09. The summed E-state index contributed by atoms with van der Waals surface area (Å²) in [5.41, 5.74) is 0.911. The van der Waals surface area contributed by atoms with Crippen LogP contribution in [-0.2, 0) is 16.6 Å². The Kier molecular flexibility index (Phi) is 6.55. The van der Waals surface area contributed by atoms with Gasteiger partial charge in [-0.2, -0.15) is 4.72 Å². The standard InChI is InChI=1S/C23H23N5O4S/c1-2-11-24-33(31,32)18-9-7-17(8-10-18)23(30)28-14-12-27(13-15-28)16-21-25-20-6-4-3-5-19(20)22(29)26-21/h1,3-10,24H,11-16H2,(H,25,26,29). The SMILES string of the molecule is C#CCNS(=O)(=O)c1ccc(C(=O)N2CCN(Cc3nc4ccccc4c(=O)[nH]3)CC2)cc1. The van der Waals surface area contributed by atoms with E-state index in [0.29, 0.717) is 55.0 Å². The Hall–Kier alpha value is -3.52. The lowest BCUT2D eigenvalue weighted by Crippen LogP contribution is -2.48. The molecule has 9 nitrogen and oxygen atoms in total. The summed E-state index contributed by atoms with van der Waals surface area (Å²) in [5.74, 6) is 2.65. The summed E-state index contributed by atoms with van der Waals surface area (Å²) < 4.78 is 26.5. The molecule has 1 aliphatic heterocycles. The highest BCUT2D eigenvalue weighted by Gasteiger charge is 2.23. The minimum atomic E-state index is -3.70. The number of carbonyl (C=O) groups excluding carboxylic acids is 1. The Bertz CT molecular complexity index is 1370. The van der Waals surface area contributed by atoms with Gasteiger partial charge in [-0.05, 0) is 36.4 Å². The number of rotatable bonds is 6. The number of aromatic amines is 1. The zero-order valence-corrected chi connectivity index (χ0v) is 18.6. The largest absolute Gasteiger partial charge is 0.336 e. The maximum Gasteiger partial charge on any atom is 0.258 e. The number of aromatic nitrogens is 2. The van der Waals surface area contributed by atoms with Gasteiger partial charge in [-0.15, -0.1) is 6.42 Å². The van der Waals surface area contributed by atoms with Gasteiger partial charge in [-0.3, -0.25) is 14.5 Å². The van der Waals surface area contributed by atoms with Crippen LogP contribution in [0.2, 0.25) is 0 Å². The fourth-order valence-electron chi connectivity index (χ4n) is 3.71. The van der Waals surface area contributed by atoms with Crippen molar-refractivity contribution >= 4 is 26.8 Å². The lowest BCUT2D eigenvalue weighted by molar-refractivity contribution is 0.0625. The maximum absolute atomic E-state index is 12.8. The zero-order chi connectivity index (χ0) is 23.4. The van der Waals surface area contributed by atoms with E-state index in [-0.39, 0.29) is 22.9 Å². The van der Waals surface area contributed by atoms with Crippen LogP contribution in [0.25, 0.3) is 10.9 Å². The highest BCUT2D eigenvalue weighted by molar-refractivity contribution is 7.89. The van der Waals surface area contributed by atoms with Gasteiger partial charge in [0.2, 0.25) is 10.0 Å². The number of H-pyrrole nitrogens is 1. The molecule has 1 amide bonds. The summed E-state index contributed by atoms with van der Waals surface area (Å²) in [4.78, 5) is 36.4. The fourth-order valence-corrected chi connectivity index (χ4v) is 4.64. The molecule has 0 radical (unpaired) electrons. The number of benzene rings is 2. The molecular formula is C23H23N5O4S. The Morgan fingerprint density at radius 2 is 1.79 bits per heavy atom. The monoisotopic (exact) mass is 465 g/mol. The molecule has 0 bridgehead atoms. The molecule has 0 aliphatic carbocycles. The molecular weight excluding hydrogens is 442 g/mol. The first-order chi connectivity index (χ1) is 15.9. The van der Waals surface area contributed by atoms with Crippen LogP contribution in [0.3, 0.4) is 0 Å². The lowest BCUT2D eigenvalue weighted by atomic mass is 10.2. The van der Waals surface area contributed by atoms with E-state index in [2.05, 4.69) is 25.5 Å². The van der Waals surface area contributed by atoms with Gasteiger partial charge in [0.05, 0.1) is 28.9 Å². The van der Waals surface area contributed by atoms with Crippen LogP contribution in [0, 0.1) is 12.3 Å². The average molecular weight is 466 g/mol. The van der Waals surface area contributed by atoms with E-state index in [9.17, 15) is 18.0 Å². The molecule has 33 heavy (non-hydrogen) atoms. The van der Waals surface area contributed by atoms with Crippen LogP contribution in [0.15, 0.2) is 58.2 Å². The van der Waals surface area contributed by atoms with Crippen molar-refractivity contribution in [1.29, 1.82) is 0 Å². The lowest BCUT2D eigenvalue weighted by Gasteiger charge is -2.34. The molecule has 0 spiro atoms. The number of para-hydroxylation sites is 1. The van der Waals surface area contributed by atoms with Crippen LogP contribution in [-0.4, -0.2) is 66.8 Å². The van der Waals surface area contributed by atoms with Crippen molar-refractivity contribution in [3.05, 3.63) is 70.3 Å². The van der Waals surface area contributed by atoms with Crippen molar-refractivity contribution < 1.29 is 13.2 Å². The molecule has 170 valence electrons. The van der Waals surface area contributed by atoms with E-state index >= 15 is 0 Å². The molecule has 1 aliphatic rings. The fraction of sp³-hybridized carbons (Fsp3) is 0.261. The van der Waals surface area contributed by atoms with E-state index in [1.165, 1.54) is 24.3 Å². The highest BCUT2D eigenvalue weighted by atomic mass is 32.2. The third-order valence-corrected chi connectivity index (χ3v) is 6.89. The Morgan fingerprint density at radius 1 is 1.09 bits per heavy atom. The summed E-state index contributed by atoms with van der Waals surface area (Å²) in [5, 5.41) is 0.558. The van der Waals surface area contributed by atoms with Gasteiger partial charge in [-0.25, -0.2) is 13.4 Å². The molecule has 0 saturated carbocycles. The molecule has 2 heterocycles. The van der Waals surface area contributed by atoms with Gasteiger partial charge >= 0.3 is 0 Å². The van der Waals surface area contributed by atoms with Crippen molar-refractivity contribution in [3.63, 3.8) is 0 Å². The van der Waals surface area contributed by atoms with Crippen molar-refractivity contribution in [2.75, 3.05) is 32.7 Å². The first-order valence-electron chi connectivity index (χ1n) is 10.4. The predicted molar refractivity (Wildman–Crippen MR) is 124 cm³/mol. The summed E-state index contributed by atoms with van der Waals surface area (Å²) in [6, 6.07) is 13.0. The second kappa shape index (κ2) is 9.54. The second-order valence-corrected chi connectivity index (χ2v) is 9.42. The Balaban J connectivity index is 1.36. The highest BCUT2D eigenvalue weighted by Crippen LogP contribution is 2.14. The van der Waals surface area contributed by atoms with E-state index in [0.717, 1.165) is 0 Å². The van der Waals surface area contributed by atoms with Gasteiger partial charge < -0.3 is 9.88 Å². The van der Waals surface area contributed by atoms with Crippen molar-refractivity contribution in [2.24, 2.45) is 0 Å². The van der Waals surface area contributed by atoms with Gasteiger partial charge in [0.15, 0.2) is 0 Å². The number of carbonyl (C=O) groups is 1. The topological polar surface area (TPSA) is 115 Å². The number of fused-ring (bicyclic) bond motifs is 1. The molecule has 0 unspecified atom stereocenters. The predicted octanol–water partition coefficient (Wildman–Crippen LogP) is 0.793. The van der Waals surface area contributed by atoms with Crippen LogP contribution in [0.1, 0.15) is 16.2 Å². The van der Waals surface area contributed by atoms with Crippen molar-refractivity contribution in [1.82, 2.24) is 24.5 Å². The van der Waals surface area contributed by atoms with E-state index in [1.54, 1.807) is 17.0 Å². The molecule has 2 N–H and O–H groups in total. The Labute approximate surface area is 191 Å². The van der Waals surface area contributed by atoms with Gasteiger partial charge in [0.25, 0.3) is 11.5 Å². The van der Waals surface area contributed by atoms with Crippen molar-refractivity contribution in [3.8, 4) is 12.3 Å². The molecule has 10 heteroatoms. The zero-order valence-electron chi connectivity index (χ0n) is 17.8. The molecule has 3 aromatic rings. The second-order valence-electron chi connectivity index (χ2n) is 7.65. The van der Waals surface area contributed by atoms with Crippen molar-refractivity contribution in [2.45, 2.75) is 11.4 Å². The Morgan fingerprint density at radius 3 is 2.48 bits per heavy atom. The van der Waals surface area contributed by atoms with E-state index in [1.807, 2.05) is 12.1 Å². The number of piperazine rings is 1. The van der Waals surface area contributed by atoms with Crippen LogP contribution in [0.5, 0.6) is 0 Å². The van der Waals surface area contributed by atoms with Gasteiger partial charge in [0.1, 0.15) is 5.82 Å². The number of amides is 1. The van der Waals surface area contributed by atoms with Crippen LogP contribution < -0.4 is 10.3 Å². The molecule has 1 saturated heterocycles. The number of hydrogen-bond acceptors (Lipinski definition) is 6. The number of hydrogen-bond donors (Lipinski definition) is 2. The number of nitrogens with zero attached hydrogens (tertiary/aromatic N) is 3. The van der Waals surface area contributed by atoms with Gasteiger partial charge in [0, 0.05) is 31.7 Å². The number of terminal acetylenes is 1. The van der Waals surface area contributed by atoms with Gasteiger partial charge in [-0.1, -0.05) is 18.1 Å². The average Bonchev–Trinajstić information content (AvgIpc) is 2.83. The van der Waals surface area contributed by atoms with E-state index < -0.39 is 10.0 Å². The minimum absolute atomic E-state index is 0.0518. The molecule has 4 rings (SSSR count). The van der Waals surface area contributed by atoms with Crippen LogP contribution in [0.4, 0.5) is 0 Å². The molecule has 1 aromatic heterocycles. The first kappa shape index (κ1) is 22.7. The maximum atomic E-state index is 12.8. The normalized spacial score (nSPS) is 14.8. The molecule has 2 aromatic carbocycles. The third kappa shape index (κ3) is 5.12. The van der Waals surface area contributed by atoms with Crippen LogP contribution >= 0.6 is 0 Å². The molecule has 0 atom stereocenters. The summed E-state index contributed by atoms with van der Waals surface area (Å²) >= 11 is 0. The van der Waals surface area contributed by atoms with E-state index in [4.69, 9.17) is 6.42 Å². The number of sulfonamides is 1. The minimum Gasteiger partial charge on any atom is -0.336 e. The number of nitrogens with one attached hydrogen (secondary N) is 2. The molecule has 1 fully saturated rings.